The van der Waals surface area contributed by atoms with Gasteiger partial charge in [-0.25, -0.2) is 28.4 Å². The van der Waals surface area contributed by atoms with Crippen molar-refractivity contribution in [2.75, 3.05) is 24.6 Å². The molecule has 2 aliphatic rings. The molecule has 0 N–H and O–H groups in total. The number of halogens is 2. The summed E-state index contributed by atoms with van der Waals surface area (Å²) in [6.07, 6.45) is 0.958. The Morgan fingerprint density at radius 3 is 2.67 bits per heavy atom. The smallest absolute Gasteiger partial charge is 0.326 e. The summed E-state index contributed by atoms with van der Waals surface area (Å²) in [5, 5.41) is 0. The van der Waals surface area contributed by atoms with E-state index in [2.05, 4.69) is 9.83 Å². The molecule has 2 aliphatic heterocycles. The largest absolute Gasteiger partial charge is 0.484 e. The molecular weight excluding hydrogens is 546 g/mol. The van der Waals surface area contributed by atoms with Crippen LogP contribution in [0.4, 0.5) is 25.1 Å². The number of pyridine rings is 1. The molecule has 0 spiro atoms. The van der Waals surface area contributed by atoms with E-state index in [9.17, 15) is 18.4 Å². The van der Waals surface area contributed by atoms with E-state index in [1.54, 1.807) is 11.0 Å². The lowest BCUT2D eigenvalue weighted by Crippen LogP contribution is -2.34. The van der Waals surface area contributed by atoms with Gasteiger partial charge in [0.25, 0.3) is 0 Å². The van der Waals surface area contributed by atoms with Gasteiger partial charge in [-0.3, -0.25) is 9.69 Å². The highest BCUT2D eigenvalue weighted by Crippen LogP contribution is 2.27. The van der Waals surface area contributed by atoms with Gasteiger partial charge in [0.1, 0.15) is 29.8 Å². The summed E-state index contributed by atoms with van der Waals surface area (Å²) in [7, 11) is 0. The first-order valence-electron chi connectivity index (χ1n) is 13.4. The number of anilines is 1. The number of carbonyl (C=O) groups excluding carboxylic acids is 2. The number of aromatic nitrogens is 3. The van der Waals surface area contributed by atoms with Gasteiger partial charge < -0.3 is 18.9 Å². The van der Waals surface area contributed by atoms with E-state index in [1.165, 1.54) is 36.1 Å². The number of imidazole rings is 1. The predicted molar refractivity (Wildman–Crippen MR) is 148 cm³/mol. The lowest BCUT2D eigenvalue weighted by Gasteiger charge is -2.28. The number of benzene rings is 2. The van der Waals surface area contributed by atoms with Crippen molar-refractivity contribution in [1.82, 2.24) is 19.4 Å². The van der Waals surface area contributed by atoms with E-state index in [0.717, 1.165) is 23.5 Å². The Labute approximate surface area is 239 Å². The summed E-state index contributed by atoms with van der Waals surface area (Å²) >= 11 is 0. The predicted octanol–water partition coefficient (Wildman–Crippen LogP) is 5.27. The molecule has 0 aliphatic carbocycles. The number of carbonyl (C=O) groups is 2. The number of Topliss-reactive ketones (excluding diaryl/α,β-unsaturated/α-hetero) is 1. The van der Waals surface area contributed by atoms with Gasteiger partial charge in [0.2, 0.25) is 0 Å². The van der Waals surface area contributed by atoms with Crippen molar-refractivity contribution < 1.29 is 27.8 Å². The Morgan fingerprint density at radius 2 is 1.95 bits per heavy atom. The molecule has 1 atom stereocenters. The van der Waals surface area contributed by atoms with Gasteiger partial charge in [0, 0.05) is 25.3 Å². The van der Waals surface area contributed by atoms with Gasteiger partial charge in [0.15, 0.2) is 23.0 Å². The van der Waals surface area contributed by atoms with Crippen molar-refractivity contribution in [3.8, 4) is 5.75 Å². The normalized spacial score (nSPS) is 16.5. The minimum atomic E-state index is -0.738. The first-order valence-corrected chi connectivity index (χ1v) is 13.4. The Hall–Kier alpha value is -4.89. The number of urea groups is 1. The number of hydrogen-bond acceptors (Lipinski definition) is 6. The molecule has 0 radical (unpaired) electrons. The maximum absolute atomic E-state index is 14.6. The van der Waals surface area contributed by atoms with Crippen LogP contribution in [0.15, 0.2) is 48.5 Å². The van der Waals surface area contributed by atoms with E-state index < -0.39 is 11.6 Å². The molecule has 42 heavy (non-hydrogen) atoms. The summed E-state index contributed by atoms with van der Waals surface area (Å²) in [5.41, 5.74) is 2.15. The molecule has 2 aromatic carbocycles. The molecule has 4 heterocycles. The summed E-state index contributed by atoms with van der Waals surface area (Å²) in [4.78, 5) is 40.8. The van der Waals surface area contributed by atoms with Crippen LogP contribution in [0.5, 0.6) is 5.75 Å². The third-order valence-corrected chi connectivity index (χ3v) is 7.43. The fourth-order valence-corrected chi connectivity index (χ4v) is 5.01. The van der Waals surface area contributed by atoms with Crippen molar-refractivity contribution in [1.29, 1.82) is 0 Å². The van der Waals surface area contributed by atoms with Crippen molar-refractivity contribution in [2.45, 2.75) is 39.1 Å². The molecule has 12 heteroatoms. The van der Waals surface area contributed by atoms with Gasteiger partial charge in [-0.1, -0.05) is 6.07 Å². The molecule has 2 aromatic heterocycles. The molecule has 2 saturated heterocycles. The number of rotatable bonds is 9. The Kier molecular flexibility index (Phi) is 7.26. The number of nitrogens with zero attached hydrogens (tertiary/aromatic N) is 6. The van der Waals surface area contributed by atoms with Crippen LogP contribution in [0, 0.1) is 18.2 Å². The van der Waals surface area contributed by atoms with Crippen molar-refractivity contribution in [2.24, 2.45) is 0 Å². The highest BCUT2D eigenvalue weighted by molar-refractivity contribution is 5.97. The maximum Gasteiger partial charge on any atom is 0.326 e. The summed E-state index contributed by atoms with van der Waals surface area (Å²) < 4.78 is 41.9. The van der Waals surface area contributed by atoms with Crippen LogP contribution in [-0.2, 0) is 24.4 Å². The molecular formula is C30H26F2N6O4. The molecule has 214 valence electrons. The second kappa shape index (κ2) is 11.2. The molecule has 6 rings (SSSR count). The van der Waals surface area contributed by atoms with Gasteiger partial charge >= 0.3 is 6.03 Å². The van der Waals surface area contributed by atoms with Crippen LogP contribution in [0.3, 0.4) is 0 Å². The highest BCUT2D eigenvalue weighted by atomic mass is 19.1. The quantitative estimate of drug-likeness (QED) is 0.200. The average Bonchev–Trinajstić information content (AvgIpc) is 3.49. The molecule has 10 nitrogen and oxygen atoms in total. The highest BCUT2D eigenvalue weighted by Gasteiger charge is 2.33. The van der Waals surface area contributed by atoms with Crippen LogP contribution in [-0.4, -0.2) is 57.0 Å². The monoisotopic (exact) mass is 572 g/mol. The second-order valence-electron chi connectivity index (χ2n) is 10.1. The third kappa shape index (κ3) is 5.26. The van der Waals surface area contributed by atoms with Gasteiger partial charge in [-0.2, -0.15) is 0 Å². The standard InChI is InChI=1S/C30H26F2N6O4/c1-18(39)19-3-6-24-26(13-19)38(15-21-9-12-41-21)29(34-24)16-36-10-11-37(30(36)40)28-8-5-22(31)25(35-28)17-42-27-7-4-20(33-2)14-23(27)32/h3-8,13-14,21H,9-12,15-17H2,1H3/t21-/m0/s1. The van der Waals surface area contributed by atoms with Crippen molar-refractivity contribution in [3.63, 3.8) is 0 Å². The fourth-order valence-electron chi connectivity index (χ4n) is 5.01. The minimum Gasteiger partial charge on any atom is -0.484 e. The number of hydrogen-bond donors (Lipinski definition) is 0. The fraction of sp³-hybridized carbons (Fsp3) is 0.300. The average molecular weight is 573 g/mol. The number of amides is 2. The summed E-state index contributed by atoms with van der Waals surface area (Å²) in [6.45, 7) is 10.3. The van der Waals surface area contributed by atoms with Gasteiger partial charge in [-0.15, -0.1) is 0 Å². The van der Waals surface area contributed by atoms with E-state index in [1.807, 2.05) is 16.7 Å². The van der Waals surface area contributed by atoms with E-state index in [0.29, 0.717) is 37.6 Å². The van der Waals surface area contributed by atoms with Gasteiger partial charge in [0.05, 0.1) is 36.8 Å². The van der Waals surface area contributed by atoms with Crippen LogP contribution >= 0.6 is 0 Å². The van der Waals surface area contributed by atoms with Crippen LogP contribution < -0.4 is 9.64 Å². The number of ether oxygens (including phenoxy) is 2. The van der Waals surface area contributed by atoms with E-state index >= 15 is 0 Å². The minimum absolute atomic E-state index is 0.0380. The molecule has 2 fully saturated rings. The molecule has 2 amide bonds. The second-order valence-corrected chi connectivity index (χ2v) is 10.1. The number of fused-ring (bicyclic) bond motifs is 1. The van der Waals surface area contributed by atoms with Crippen molar-refractivity contribution in [3.05, 3.63) is 88.7 Å². The topological polar surface area (TPSA) is 94.2 Å². The Morgan fingerprint density at radius 1 is 1.12 bits per heavy atom. The first kappa shape index (κ1) is 27.3. The third-order valence-electron chi connectivity index (χ3n) is 7.43. The number of ketones is 1. The zero-order valence-corrected chi connectivity index (χ0v) is 22.7. The SMILES string of the molecule is [C-]#[N+]c1ccc(OCc2nc(N3CCN(Cc4nc5ccc(C(C)=O)cc5n4C[C@@H]4CCO4)C3=O)ccc2F)c(F)c1. The summed E-state index contributed by atoms with van der Waals surface area (Å²) in [5.74, 6) is -0.660. The first-order chi connectivity index (χ1) is 20.3. The van der Waals surface area contributed by atoms with E-state index in [4.69, 9.17) is 21.0 Å². The molecule has 0 saturated carbocycles. The lowest BCUT2D eigenvalue weighted by molar-refractivity contribution is -0.0591. The van der Waals surface area contributed by atoms with Crippen LogP contribution in [0.25, 0.3) is 15.9 Å². The van der Waals surface area contributed by atoms with Crippen molar-refractivity contribution >= 4 is 34.4 Å². The zero-order valence-electron chi connectivity index (χ0n) is 22.7. The zero-order chi connectivity index (χ0) is 29.4. The van der Waals surface area contributed by atoms with Crippen LogP contribution in [0.1, 0.15) is 35.2 Å². The molecule has 0 bridgehead atoms. The van der Waals surface area contributed by atoms with E-state index in [-0.39, 0.29) is 54.0 Å². The van der Waals surface area contributed by atoms with Gasteiger partial charge in [-0.05, 0) is 55.8 Å². The Balaban J connectivity index is 1.20. The van der Waals surface area contributed by atoms with Crippen LogP contribution in [0.2, 0.25) is 0 Å². The maximum atomic E-state index is 14.6. The molecule has 4 aromatic rings. The Bertz CT molecular complexity index is 1750. The lowest BCUT2D eigenvalue weighted by atomic mass is 10.1. The molecule has 0 unspecified atom stereocenters. The summed E-state index contributed by atoms with van der Waals surface area (Å²) in [6, 6.07) is 11.4.